The summed E-state index contributed by atoms with van der Waals surface area (Å²) in [6.45, 7) is 0.136. The van der Waals surface area contributed by atoms with Gasteiger partial charge in [0.25, 0.3) is 0 Å². The van der Waals surface area contributed by atoms with Gasteiger partial charge in [-0.2, -0.15) is 0 Å². The molecule has 11 rings (SSSR count). The minimum absolute atomic E-state index is 0.0528. The van der Waals surface area contributed by atoms with Crippen molar-refractivity contribution in [1.29, 1.82) is 0 Å². The van der Waals surface area contributed by atoms with E-state index < -0.39 is 11.9 Å². The zero-order valence-corrected chi connectivity index (χ0v) is 31.6. The van der Waals surface area contributed by atoms with Crippen LogP contribution in [-0.4, -0.2) is 26.2 Å². The lowest BCUT2D eigenvalue weighted by Crippen LogP contribution is -2.42. The summed E-state index contributed by atoms with van der Waals surface area (Å²) in [5, 5.41) is 10.4. The number of methoxy groups -OCH3 is 2. The van der Waals surface area contributed by atoms with E-state index in [0.717, 1.165) is 94.0 Å². The predicted octanol–water partition coefficient (Wildman–Crippen LogP) is 11.1. The van der Waals surface area contributed by atoms with Gasteiger partial charge in [-0.25, -0.2) is 9.59 Å². The molecule has 0 unspecified atom stereocenters. The number of ether oxygens (including phenoxy) is 4. The van der Waals surface area contributed by atoms with Crippen molar-refractivity contribution in [3.63, 3.8) is 0 Å². The molecule has 8 aromatic rings. The summed E-state index contributed by atoms with van der Waals surface area (Å²) in [7, 11) is 3.41. The van der Waals surface area contributed by atoms with E-state index in [4.69, 9.17) is 18.9 Å². The van der Waals surface area contributed by atoms with Crippen molar-refractivity contribution in [3.8, 4) is 11.5 Å². The molecule has 1 saturated carbocycles. The monoisotopic (exact) mass is 746 g/mol. The first-order valence-corrected chi connectivity index (χ1v) is 19.6. The van der Waals surface area contributed by atoms with E-state index in [1.165, 1.54) is 0 Å². The molecule has 278 valence electrons. The first-order chi connectivity index (χ1) is 28.1. The van der Waals surface area contributed by atoms with E-state index in [2.05, 4.69) is 72.8 Å². The van der Waals surface area contributed by atoms with E-state index in [-0.39, 0.29) is 36.9 Å². The van der Waals surface area contributed by atoms with Crippen molar-refractivity contribution < 1.29 is 28.5 Å². The van der Waals surface area contributed by atoms with Crippen LogP contribution in [0.2, 0.25) is 0 Å². The molecule has 0 N–H and O–H groups in total. The highest BCUT2D eigenvalue weighted by atomic mass is 16.5. The van der Waals surface area contributed by atoms with Gasteiger partial charge in [0, 0.05) is 44.9 Å². The Hall–Kier alpha value is -6.66. The Balaban J connectivity index is 1.01. The molecule has 6 nitrogen and oxygen atoms in total. The maximum absolute atomic E-state index is 14.7. The van der Waals surface area contributed by atoms with Gasteiger partial charge in [-0.05, 0) is 73.5 Å². The maximum atomic E-state index is 14.7. The van der Waals surface area contributed by atoms with Gasteiger partial charge < -0.3 is 18.9 Å². The Morgan fingerprint density at radius 2 is 0.789 bits per heavy atom. The number of benzene rings is 8. The molecule has 2 bridgehead atoms. The van der Waals surface area contributed by atoms with Gasteiger partial charge in [0.05, 0.1) is 25.4 Å². The first kappa shape index (κ1) is 33.7. The van der Waals surface area contributed by atoms with Crippen LogP contribution < -0.4 is 9.47 Å². The number of carbonyl (C=O) groups excluding carboxylic acids is 2. The third kappa shape index (κ3) is 4.89. The van der Waals surface area contributed by atoms with Crippen LogP contribution in [0.5, 0.6) is 11.5 Å². The zero-order valence-electron chi connectivity index (χ0n) is 31.6. The van der Waals surface area contributed by atoms with Gasteiger partial charge in [0.1, 0.15) is 24.7 Å². The number of fused-ring (bicyclic) bond motifs is 13. The molecule has 0 radical (unpaired) electrons. The molecule has 1 fully saturated rings. The average Bonchev–Trinajstić information content (AvgIpc) is 3.75. The smallest absolute Gasteiger partial charge is 0.335 e. The Labute approximate surface area is 329 Å². The molecular formula is C51H38O6. The summed E-state index contributed by atoms with van der Waals surface area (Å²) in [6, 6.07) is 45.2. The molecule has 0 aliphatic heterocycles. The normalized spacial score (nSPS) is 19.2. The highest BCUT2D eigenvalue weighted by molar-refractivity contribution is 6.08. The lowest BCUT2D eigenvalue weighted by Gasteiger charge is -2.43. The average molecular weight is 747 g/mol. The van der Waals surface area contributed by atoms with E-state index in [1.807, 2.05) is 60.7 Å². The summed E-state index contributed by atoms with van der Waals surface area (Å²) in [6.07, 6.45) is 0.767. The van der Waals surface area contributed by atoms with Crippen LogP contribution in [0.3, 0.4) is 0 Å². The third-order valence-electron chi connectivity index (χ3n) is 13.0. The summed E-state index contributed by atoms with van der Waals surface area (Å²) in [4.78, 5) is 29.4. The Bertz CT molecular complexity index is 2740. The van der Waals surface area contributed by atoms with Crippen LogP contribution in [0.4, 0.5) is 0 Å². The lowest BCUT2D eigenvalue weighted by atomic mass is 9.59. The van der Waals surface area contributed by atoms with Gasteiger partial charge in [-0.15, -0.1) is 0 Å². The van der Waals surface area contributed by atoms with Crippen LogP contribution in [0.15, 0.2) is 145 Å². The van der Waals surface area contributed by atoms with Gasteiger partial charge in [-0.1, -0.05) is 121 Å². The summed E-state index contributed by atoms with van der Waals surface area (Å²) in [5.41, 5.74) is 4.86. The van der Waals surface area contributed by atoms with Crippen LogP contribution in [0, 0.1) is 11.8 Å². The fourth-order valence-electron chi connectivity index (χ4n) is 10.7. The van der Waals surface area contributed by atoms with Crippen molar-refractivity contribution in [1.82, 2.24) is 0 Å². The minimum atomic E-state index is -0.475. The highest BCUT2D eigenvalue weighted by Crippen LogP contribution is 2.72. The van der Waals surface area contributed by atoms with Crippen molar-refractivity contribution >= 4 is 65.8 Å². The second-order valence-corrected chi connectivity index (χ2v) is 15.5. The molecule has 6 heteroatoms. The molecule has 0 heterocycles. The van der Waals surface area contributed by atoms with Gasteiger partial charge >= 0.3 is 11.9 Å². The second-order valence-electron chi connectivity index (χ2n) is 15.5. The molecule has 0 saturated heterocycles. The number of carbonyl (C=O) groups is 2. The first-order valence-electron chi connectivity index (χ1n) is 19.6. The topological polar surface area (TPSA) is 71.1 Å². The number of hydrogen-bond donors (Lipinski definition) is 0. The standard InChI is InChI=1S/C51H38O6/c1-54-48-36-21-11-12-22-37(36)49(55-2)45-39-25-38(44(45)48)42-43(39)47(51(53)57-27-41-34-19-9-5-15-30(34)24-31-16-6-10-20-35(31)41)46(42)50(52)56-26-40-32-17-7-3-13-28(32)23-29-14-4-8-18-33(29)40/h3-24,38-39,42-43H,25-27H2,1-2H3/t38-,39+,42+,43-. The van der Waals surface area contributed by atoms with Crippen molar-refractivity contribution in [2.24, 2.45) is 11.8 Å². The lowest BCUT2D eigenvalue weighted by molar-refractivity contribution is -0.146. The fourth-order valence-corrected chi connectivity index (χ4v) is 10.7. The zero-order chi connectivity index (χ0) is 38.4. The molecule has 0 spiro atoms. The van der Waals surface area contributed by atoms with Gasteiger partial charge in [0.15, 0.2) is 0 Å². The van der Waals surface area contributed by atoms with Gasteiger partial charge in [0.2, 0.25) is 0 Å². The molecule has 8 aromatic carbocycles. The Kier molecular flexibility index (Phi) is 7.65. The third-order valence-corrected chi connectivity index (χ3v) is 13.0. The number of hydrogen-bond acceptors (Lipinski definition) is 6. The van der Waals surface area contributed by atoms with Gasteiger partial charge in [-0.3, -0.25) is 0 Å². The molecule has 57 heavy (non-hydrogen) atoms. The van der Waals surface area contributed by atoms with E-state index in [0.29, 0.717) is 11.1 Å². The molecular weight excluding hydrogens is 709 g/mol. The van der Waals surface area contributed by atoms with Crippen LogP contribution in [-0.2, 0) is 32.3 Å². The van der Waals surface area contributed by atoms with Crippen LogP contribution >= 0.6 is 0 Å². The van der Waals surface area contributed by atoms with Crippen LogP contribution in [0.1, 0.15) is 40.5 Å². The van der Waals surface area contributed by atoms with Crippen LogP contribution in [0.25, 0.3) is 53.9 Å². The highest BCUT2D eigenvalue weighted by Gasteiger charge is 2.64. The Morgan fingerprint density at radius 3 is 1.12 bits per heavy atom. The maximum Gasteiger partial charge on any atom is 0.335 e. The number of esters is 2. The number of rotatable bonds is 8. The largest absolute Gasteiger partial charge is 0.496 e. The fraction of sp³-hybridized carbons (Fsp3) is 0.176. The quantitative estimate of drug-likeness (QED) is 0.114. The predicted molar refractivity (Wildman–Crippen MR) is 224 cm³/mol. The van der Waals surface area contributed by atoms with Crippen molar-refractivity contribution in [2.75, 3.05) is 14.2 Å². The molecule has 3 aliphatic carbocycles. The molecule has 3 aliphatic rings. The molecule has 4 atom stereocenters. The second kappa shape index (κ2) is 13.0. The van der Waals surface area contributed by atoms with E-state index in [1.54, 1.807) is 14.2 Å². The summed E-state index contributed by atoms with van der Waals surface area (Å²) in [5.74, 6) is 0.112. The van der Waals surface area contributed by atoms with Crippen molar-refractivity contribution in [2.45, 2.75) is 31.5 Å². The van der Waals surface area contributed by atoms with E-state index >= 15 is 0 Å². The summed E-state index contributed by atoms with van der Waals surface area (Å²) >= 11 is 0. The van der Waals surface area contributed by atoms with E-state index in [9.17, 15) is 9.59 Å². The minimum Gasteiger partial charge on any atom is -0.496 e. The molecule has 0 aromatic heterocycles. The summed E-state index contributed by atoms with van der Waals surface area (Å²) < 4.78 is 25.0. The SMILES string of the molecule is COc1c2c(c(OC)c3ccccc13)[C@@H]1C[C@H]2[C@H]2C(C(=O)OCc3c4ccccc4cc4ccccc34)=C(C(=O)OCc3c4ccccc4cc4ccccc34)[C@H]21. The Morgan fingerprint density at radius 1 is 0.474 bits per heavy atom. The van der Waals surface area contributed by atoms with Crippen molar-refractivity contribution in [3.05, 3.63) is 167 Å². The molecule has 0 amide bonds.